The Hall–Kier alpha value is -0.510. The zero-order valence-corrected chi connectivity index (χ0v) is 9.26. The molecule has 0 saturated heterocycles. The fraction of sp³-hybridized carbons (Fsp3) is 0.455. The molecule has 0 amide bonds. The molecule has 0 aliphatic heterocycles. The zero-order chi connectivity index (χ0) is 10.4. The third kappa shape index (κ3) is 3.33. The lowest BCUT2D eigenvalue weighted by molar-refractivity contribution is 0.280. The van der Waals surface area contributed by atoms with Crippen LogP contribution in [-0.2, 0) is 0 Å². The van der Waals surface area contributed by atoms with Gasteiger partial charge in [0, 0.05) is 17.5 Å². The molecule has 0 aromatic heterocycles. The van der Waals surface area contributed by atoms with Crippen LogP contribution in [0.5, 0.6) is 0 Å². The molecule has 0 aliphatic rings. The molecule has 78 valence electrons. The highest BCUT2D eigenvalue weighted by Crippen LogP contribution is 2.20. The zero-order valence-electron chi connectivity index (χ0n) is 8.44. The van der Waals surface area contributed by atoms with Crippen molar-refractivity contribution < 1.29 is 5.11 Å². The number of benzene rings is 1. The van der Waals surface area contributed by atoms with E-state index in [1.54, 1.807) is 11.8 Å². The highest BCUT2D eigenvalue weighted by molar-refractivity contribution is 7.98. The molecule has 3 N–H and O–H groups in total. The summed E-state index contributed by atoms with van der Waals surface area (Å²) < 4.78 is 0. The molecule has 1 rings (SSSR count). The van der Waals surface area contributed by atoms with Crippen molar-refractivity contribution in [1.29, 1.82) is 0 Å². The summed E-state index contributed by atoms with van der Waals surface area (Å²) in [4.78, 5) is 1.25. The highest BCUT2D eigenvalue weighted by atomic mass is 32.2. The highest BCUT2D eigenvalue weighted by Gasteiger charge is 2.04. The van der Waals surface area contributed by atoms with Crippen LogP contribution in [0.2, 0.25) is 0 Å². The van der Waals surface area contributed by atoms with Crippen molar-refractivity contribution in [1.82, 2.24) is 0 Å². The van der Waals surface area contributed by atoms with Crippen LogP contribution in [0.3, 0.4) is 0 Å². The Balaban J connectivity index is 2.57. The number of aliphatic hydroxyl groups is 1. The first-order valence-corrected chi connectivity index (χ1v) is 6.00. The molecule has 2 nitrogen and oxygen atoms in total. The maximum absolute atomic E-state index is 8.69. The molecule has 3 heteroatoms. The standard InChI is InChI=1S/C11H17NOS/c1-14-10-6-4-9(5-7-10)11(12)3-2-8-13/h4-7,11,13H,2-3,8,12H2,1H3. The molecule has 0 fully saturated rings. The van der Waals surface area contributed by atoms with Gasteiger partial charge in [0.2, 0.25) is 0 Å². The van der Waals surface area contributed by atoms with E-state index in [1.807, 2.05) is 0 Å². The number of rotatable bonds is 5. The van der Waals surface area contributed by atoms with Crippen LogP contribution in [0.25, 0.3) is 0 Å². The summed E-state index contributed by atoms with van der Waals surface area (Å²) in [5, 5.41) is 8.69. The van der Waals surface area contributed by atoms with E-state index in [9.17, 15) is 0 Å². The molecule has 1 aromatic carbocycles. The van der Waals surface area contributed by atoms with E-state index in [2.05, 4.69) is 30.5 Å². The second-order valence-corrected chi connectivity index (χ2v) is 4.13. The molecule has 0 spiro atoms. The molecule has 1 aromatic rings. The van der Waals surface area contributed by atoms with E-state index in [0.717, 1.165) is 18.4 Å². The van der Waals surface area contributed by atoms with E-state index >= 15 is 0 Å². The Morgan fingerprint density at radius 3 is 2.50 bits per heavy atom. The van der Waals surface area contributed by atoms with Crippen molar-refractivity contribution in [2.75, 3.05) is 12.9 Å². The lowest BCUT2D eigenvalue weighted by Gasteiger charge is -2.11. The minimum absolute atomic E-state index is 0.0538. The van der Waals surface area contributed by atoms with Gasteiger partial charge in [-0.1, -0.05) is 12.1 Å². The van der Waals surface area contributed by atoms with Gasteiger partial charge < -0.3 is 10.8 Å². The fourth-order valence-corrected chi connectivity index (χ4v) is 1.74. The lowest BCUT2D eigenvalue weighted by atomic mass is 10.0. The largest absolute Gasteiger partial charge is 0.396 e. The first-order chi connectivity index (χ1) is 6.77. The summed E-state index contributed by atoms with van der Waals surface area (Å²) in [5.74, 6) is 0. The summed E-state index contributed by atoms with van der Waals surface area (Å²) in [5.41, 5.74) is 7.10. The summed E-state index contributed by atoms with van der Waals surface area (Å²) >= 11 is 1.73. The van der Waals surface area contributed by atoms with E-state index in [1.165, 1.54) is 4.90 Å². The Labute approximate surface area is 89.5 Å². The average molecular weight is 211 g/mol. The van der Waals surface area contributed by atoms with Crippen LogP contribution in [-0.4, -0.2) is 18.0 Å². The number of nitrogens with two attached hydrogens (primary N) is 1. The number of thioether (sulfide) groups is 1. The fourth-order valence-electron chi connectivity index (χ4n) is 1.33. The molecule has 1 atom stereocenters. The predicted octanol–water partition coefficient (Wildman–Crippen LogP) is 2.18. The summed E-state index contributed by atoms with van der Waals surface area (Å²) in [7, 11) is 0. The second kappa shape index (κ2) is 6.06. The molecule has 0 bridgehead atoms. The Kier molecular flexibility index (Phi) is 5.01. The average Bonchev–Trinajstić information content (AvgIpc) is 2.26. The Morgan fingerprint density at radius 2 is 2.00 bits per heavy atom. The first-order valence-electron chi connectivity index (χ1n) is 4.78. The van der Waals surface area contributed by atoms with Gasteiger partial charge in [-0.3, -0.25) is 0 Å². The minimum atomic E-state index is 0.0538. The number of hydrogen-bond donors (Lipinski definition) is 2. The van der Waals surface area contributed by atoms with E-state index < -0.39 is 0 Å². The van der Waals surface area contributed by atoms with Gasteiger partial charge in [-0.2, -0.15) is 0 Å². The predicted molar refractivity (Wildman–Crippen MR) is 61.5 cm³/mol. The van der Waals surface area contributed by atoms with Crippen molar-refractivity contribution in [3.8, 4) is 0 Å². The maximum Gasteiger partial charge on any atom is 0.0431 e. The van der Waals surface area contributed by atoms with E-state index in [4.69, 9.17) is 10.8 Å². The van der Waals surface area contributed by atoms with Gasteiger partial charge >= 0.3 is 0 Å². The summed E-state index contributed by atoms with van der Waals surface area (Å²) in [6, 6.07) is 8.34. The molecule has 0 heterocycles. The van der Waals surface area contributed by atoms with E-state index in [-0.39, 0.29) is 12.6 Å². The third-order valence-electron chi connectivity index (χ3n) is 2.22. The quantitative estimate of drug-likeness (QED) is 0.734. The van der Waals surface area contributed by atoms with Crippen LogP contribution in [0.15, 0.2) is 29.2 Å². The molecular formula is C11H17NOS. The van der Waals surface area contributed by atoms with Gasteiger partial charge in [0.1, 0.15) is 0 Å². The molecular weight excluding hydrogens is 194 g/mol. The van der Waals surface area contributed by atoms with Crippen LogP contribution in [0, 0.1) is 0 Å². The van der Waals surface area contributed by atoms with Crippen molar-refractivity contribution >= 4 is 11.8 Å². The topological polar surface area (TPSA) is 46.2 Å². The van der Waals surface area contributed by atoms with Gasteiger partial charge in [-0.15, -0.1) is 11.8 Å². The molecule has 1 unspecified atom stereocenters. The normalized spacial score (nSPS) is 12.8. The van der Waals surface area contributed by atoms with Gasteiger partial charge in [0.25, 0.3) is 0 Å². The SMILES string of the molecule is CSc1ccc(C(N)CCCO)cc1. The second-order valence-electron chi connectivity index (χ2n) is 3.25. The lowest BCUT2D eigenvalue weighted by Crippen LogP contribution is -2.10. The van der Waals surface area contributed by atoms with Crippen LogP contribution in [0.1, 0.15) is 24.4 Å². The van der Waals surface area contributed by atoms with E-state index in [0.29, 0.717) is 0 Å². The monoisotopic (exact) mass is 211 g/mol. The number of hydrogen-bond acceptors (Lipinski definition) is 3. The third-order valence-corrected chi connectivity index (χ3v) is 2.96. The Morgan fingerprint density at radius 1 is 1.36 bits per heavy atom. The maximum atomic E-state index is 8.69. The minimum Gasteiger partial charge on any atom is -0.396 e. The summed E-state index contributed by atoms with van der Waals surface area (Å²) in [6.07, 6.45) is 3.67. The molecule has 0 radical (unpaired) electrons. The summed E-state index contributed by atoms with van der Waals surface area (Å²) in [6.45, 7) is 0.219. The van der Waals surface area contributed by atoms with Crippen LogP contribution >= 0.6 is 11.8 Å². The van der Waals surface area contributed by atoms with Crippen molar-refractivity contribution in [3.63, 3.8) is 0 Å². The van der Waals surface area contributed by atoms with Gasteiger partial charge in [-0.25, -0.2) is 0 Å². The van der Waals surface area contributed by atoms with Crippen molar-refractivity contribution in [2.45, 2.75) is 23.8 Å². The molecule has 0 saturated carbocycles. The Bertz CT molecular complexity index is 260. The van der Waals surface area contributed by atoms with Gasteiger partial charge in [0.05, 0.1) is 0 Å². The molecule has 14 heavy (non-hydrogen) atoms. The van der Waals surface area contributed by atoms with Crippen LogP contribution in [0.4, 0.5) is 0 Å². The van der Waals surface area contributed by atoms with Crippen molar-refractivity contribution in [2.24, 2.45) is 5.73 Å². The number of aliphatic hydroxyl groups excluding tert-OH is 1. The van der Waals surface area contributed by atoms with Crippen LogP contribution < -0.4 is 5.73 Å². The molecule has 0 aliphatic carbocycles. The first kappa shape index (κ1) is 11.6. The van der Waals surface area contributed by atoms with Gasteiger partial charge in [-0.05, 0) is 36.8 Å². The van der Waals surface area contributed by atoms with Gasteiger partial charge in [0.15, 0.2) is 0 Å². The smallest absolute Gasteiger partial charge is 0.0431 e. The van der Waals surface area contributed by atoms with Crippen molar-refractivity contribution in [3.05, 3.63) is 29.8 Å².